The maximum atomic E-state index is 11.9. The van der Waals surface area contributed by atoms with E-state index in [-0.39, 0.29) is 5.91 Å². The van der Waals surface area contributed by atoms with Crippen LogP contribution in [0.3, 0.4) is 0 Å². The van der Waals surface area contributed by atoms with E-state index in [1.54, 1.807) is 18.2 Å². The number of benzene rings is 1. The average Bonchev–Trinajstić information content (AvgIpc) is 2.98. The second kappa shape index (κ2) is 6.52. The van der Waals surface area contributed by atoms with Gasteiger partial charge in [-0.3, -0.25) is 14.5 Å². The minimum atomic E-state index is -0.894. The van der Waals surface area contributed by atoms with Crippen LogP contribution in [0.1, 0.15) is 18.5 Å². The number of nitrogens with zero attached hydrogens (tertiary/aromatic N) is 2. The molecule has 0 unspecified atom stereocenters. The number of aliphatic carboxylic acids is 1. The molecule has 1 aliphatic rings. The fourth-order valence-corrected chi connectivity index (χ4v) is 3.26. The predicted octanol–water partition coefficient (Wildman–Crippen LogP) is 1.47. The van der Waals surface area contributed by atoms with Gasteiger partial charge in [-0.15, -0.1) is 0 Å². The van der Waals surface area contributed by atoms with Crippen LogP contribution >= 0.6 is 0 Å². The highest BCUT2D eigenvalue weighted by atomic mass is 16.5. The zero-order valence-electron chi connectivity index (χ0n) is 13.8. The molecule has 3 rings (SSSR count). The van der Waals surface area contributed by atoms with Gasteiger partial charge in [-0.05, 0) is 18.2 Å². The highest BCUT2D eigenvalue weighted by Crippen LogP contribution is 2.31. The summed E-state index contributed by atoms with van der Waals surface area (Å²) in [6.45, 7) is 3.70. The lowest BCUT2D eigenvalue weighted by atomic mass is 10.0. The van der Waals surface area contributed by atoms with Crippen molar-refractivity contribution < 1.29 is 19.4 Å². The van der Waals surface area contributed by atoms with E-state index in [2.05, 4.69) is 4.98 Å². The molecule has 2 N–H and O–H groups in total. The van der Waals surface area contributed by atoms with Crippen molar-refractivity contribution in [3.8, 4) is 5.75 Å². The summed E-state index contributed by atoms with van der Waals surface area (Å²) in [7, 11) is 1.59. The molecule has 0 saturated carbocycles. The molecule has 1 atom stereocenters. The first-order valence-corrected chi connectivity index (χ1v) is 7.88. The van der Waals surface area contributed by atoms with E-state index in [0.717, 1.165) is 10.9 Å². The number of rotatable bonds is 4. The van der Waals surface area contributed by atoms with Crippen molar-refractivity contribution in [3.63, 3.8) is 0 Å². The molecule has 0 spiro atoms. The molecular weight excluding hydrogens is 310 g/mol. The molecule has 2 aromatic rings. The third-order valence-electron chi connectivity index (χ3n) is 4.57. The maximum Gasteiger partial charge on any atom is 0.325 e. The smallest absolute Gasteiger partial charge is 0.325 e. The number of carboxylic acids is 1. The number of carbonyl (C=O) groups excluding carboxylic acids is 1. The number of aromatic nitrogens is 1. The quantitative estimate of drug-likeness (QED) is 0.886. The Morgan fingerprint density at radius 1 is 1.25 bits per heavy atom. The van der Waals surface area contributed by atoms with Crippen molar-refractivity contribution in [1.29, 1.82) is 0 Å². The number of carbonyl (C=O) groups is 2. The minimum absolute atomic E-state index is 0.0263. The van der Waals surface area contributed by atoms with Crippen molar-refractivity contribution >= 4 is 22.8 Å². The van der Waals surface area contributed by atoms with E-state index in [1.165, 1.54) is 6.92 Å². The number of amides is 1. The lowest BCUT2D eigenvalue weighted by molar-refractivity contribution is -0.144. The SMILES string of the molecule is COc1ccc2[nH]cc([C@H](C(=O)O)N3CCN(C(C)=O)CC3)c2c1. The molecule has 1 aromatic heterocycles. The number of piperazine rings is 1. The second-order valence-electron chi connectivity index (χ2n) is 5.94. The number of aromatic amines is 1. The summed E-state index contributed by atoms with van der Waals surface area (Å²) in [5, 5.41) is 10.6. The zero-order chi connectivity index (χ0) is 17.3. The summed E-state index contributed by atoms with van der Waals surface area (Å²) in [5.74, 6) is -0.178. The molecular formula is C17H21N3O4. The van der Waals surface area contributed by atoms with Gasteiger partial charge in [0.15, 0.2) is 0 Å². The Hall–Kier alpha value is -2.54. The molecule has 7 heteroatoms. The lowest BCUT2D eigenvalue weighted by Gasteiger charge is -2.37. The number of ether oxygens (including phenoxy) is 1. The number of nitrogens with one attached hydrogen (secondary N) is 1. The minimum Gasteiger partial charge on any atom is -0.497 e. The fourth-order valence-electron chi connectivity index (χ4n) is 3.26. The van der Waals surface area contributed by atoms with E-state index < -0.39 is 12.0 Å². The molecule has 24 heavy (non-hydrogen) atoms. The molecule has 1 aliphatic heterocycles. The molecule has 1 amide bonds. The highest BCUT2D eigenvalue weighted by molar-refractivity contribution is 5.90. The molecule has 0 aliphatic carbocycles. The van der Waals surface area contributed by atoms with Gasteiger partial charge in [0.25, 0.3) is 0 Å². The van der Waals surface area contributed by atoms with E-state index in [9.17, 15) is 14.7 Å². The van der Waals surface area contributed by atoms with Crippen LogP contribution in [-0.2, 0) is 9.59 Å². The van der Waals surface area contributed by atoms with Crippen LogP contribution < -0.4 is 4.74 Å². The number of methoxy groups -OCH3 is 1. The maximum absolute atomic E-state index is 11.9. The number of carboxylic acid groups (broad SMARTS) is 1. The molecule has 1 fully saturated rings. The fraction of sp³-hybridized carbons (Fsp3) is 0.412. The van der Waals surface area contributed by atoms with Gasteiger partial charge in [0.2, 0.25) is 5.91 Å². The molecule has 7 nitrogen and oxygen atoms in total. The topological polar surface area (TPSA) is 85.9 Å². The van der Waals surface area contributed by atoms with Crippen LogP contribution in [0, 0.1) is 0 Å². The van der Waals surface area contributed by atoms with E-state index in [4.69, 9.17) is 4.74 Å². The van der Waals surface area contributed by atoms with Gasteiger partial charge < -0.3 is 19.7 Å². The van der Waals surface area contributed by atoms with Crippen molar-refractivity contribution in [2.75, 3.05) is 33.3 Å². The van der Waals surface area contributed by atoms with Crippen LogP contribution in [0.4, 0.5) is 0 Å². The summed E-state index contributed by atoms with van der Waals surface area (Å²) in [6.07, 6.45) is 1.75. The standard InChI is InChI=1S/C17H21N3O4/c1-11(21)19-5-7-20(8-6-19)16(17(22)23)14-10-18-15-4-3-12(24-2)9-13(14)15/h3-4,9-10,16,18H,5-8H2,1-2H3,(H,22,23)/t16-/m1/s1. The van der Waals surface area contributed by atoms with Gasteiger partial charge in [-0.2, -0.15) is 0 Å². The largest absolute Gasteiger partial charge is 0.497 e. The Labute approximate surface area is 139 Å². The molecule has 1 aromatic carbocycles. The van der Waals surface area contributed by atoms with Crippen LogP contribution in [0.2, 0.25) is 0 Å². The van der Waals surface area contributed by atoms with E-state index >= 15 is 0 Å². The van der Waals surface area contributed by atoms with Gasteiger partial charge in [-0.25, -0.2) is 0 Å². The molecule has 0 radical (unpaired) electrons. The van der Waals surface area contributed by atoms with Crippen molar-refractivity contribution in [3.05, 3.63) is 30.0 Å². The Morgan fingerprint density at radius 3 is 2.54 bits per heavy atom. The average molecular weight is 331 g/mol. The van der Waals surface area contributed by atoms with Crippen LogP contribution in [-0.4, -0.2) is 65.1 Å². The summed E-state index contributed by atoms with van der Waals surface area (Å²) < 4.78 is 5.25. The first kappa shape index (κ1) is 16.3. The van der Waals surface area contributed by atoms with Crippen molar-refractivity contribution in [1.82, 2.24) is 14.8 Å². The highest BCUT2D eigenvalue weighted by Gasteiger charge is 2.32. The normalized spacial score (nSPS) is 17.0. The summed E-state index contributed by atoms with van der Waals surface area (Å²) in [6, 6.07) is 4.82. The Kier molecular flexibility index (Phi) is 4.44. The zero-order valence-corrected chi connectivity index (χ0v) is 13.8. The second-order valence-corrected chi connectivity index (χ2v) is 5.94. The van der Waals surface area contributed by atoms with Crippen molar-refractivity contribution in [2.45, 2.75) is 13.0 Å². The predicted molar refractivity (Wildman–Crippen MR) is 89.1 cm³/mol. The molecule has 2 heterocycles. The van der Waals surface area contributed by atoms with Gasteiger partial charge in [0.1, 0.15) is 11.8 Å². The van der Waals surface area contributed by atoms with E-state index in [0.29, 0.717) is 37.5 Å². The molecule has 128 valence electrons. The van der Waals surface area contributed by atoms with Crippen LogP contribution in [0.25, 0.3) is 10.9 Å². The summed E-state index contributed by atoms with van der Waals surface area (Å²) >= 11 is 0. The Bertz CT molecular complexity index is 762. The lowest BCUT2D eigenvalue weighted by Crippen LogP contribution is -2.50. The van der Waals surface area contributed by atoms with Crippen LogP contribution in [0.15, 0.2) is 24.4 Å². The monoisotopic (exact) mass is 331 g/mol. The Balaban J connectivity index is 1.92. The molecule has 1 saturated heterocycles. The third-order valence-corrected chi connectivity index (χ3v) is 4.57. The first-order chi connectivity index (χ1) is 11.5. The van der Waals surface area contributed by atoms with Crippen LogP contribution in [0.5, 0.6) is 5.75 Å². The number of hydrogen-bond acceptors (Lipinski definition) is 4. The van der Waals surface area contributed by atoms with Crippen molar-refractivity contribution in [2.24, 2.45) is 0 Å². The molecule has 0 bridgehead atoms. The summed E-state index contributed by atoms with van der Waals surface area (Å²) in [4.78, 5) is 30.2. The summed E-state index contributed by atoms with van der Waals surface area (Å²) in [5.41, 5.74) is 1.59. The number of hydrogen-bond donors (Lipinski definition) is 2. The number of H-pyrrole nitrogens is 1. The van der Waals surface area contributed by atoms with Gasteiger partial charge in [0.05, 0.1) is 7.11 Å². The van der Waals surface area contributed by atoms with Gasteiger partial charge in [-0.1, -0.05) is 0 Å². The first-order valence-electron chi connectivity index (χ1n) is 7.88. The van der Waals surface area contributed by atoms with E-state index in [1.807, 2.05) is 23.1 Å². The van der Waals surface area contributed by atoms with Gasteiger partial charge >= 0.3 is 5.97 Å². The number of fused-ring (bicyclic) bond motifs is 1. The Morgan fingerprint density at radius 2 is 1.96 bits per heavy atom. The van der Waals surface area contributed by atoms with Gasteiger partial charge in [0, 0.05) is 55.8 Å². The third kappa shape index (κ3) is 2.94.